The van der Waals surface area contributed by atoms with Crippen molar-refractivity contribution in [2.45, 2.75) is 0 Å². The third-order valence-electron chi connectivity index (χ3n) is 3.40. The van der Waals surface area contributed by atoms with Crippen molar-refractivity contribution >= 4 is 48.7 Å². The first kappa shape index (κ1) is 12.3. The van der Waals surface area contributed by atoms with Crippen LogP contribution >= 0.6 is 15.9 Å². The number of nitrogens with one attached hydrogen (secondary N) is 1. The lowest BCUT2D eigenvalue weighted by molar-refractivity contribution is 0.567. The number of rotatable bonds is 0. The third-order valence-corrected chi connectivity index (χ3v) is 3.89. The fourth-order valence-corrected chi connectivity index (χ4v) is 2.86. The van der Waals surface area contributed by atoms with Crippen LogP contribution in [-0.4, -0.2) is 9.97 Å². The molecule has 0 saturated carbocycles. The van der Waals surface area contributed by atoms with Crippen molar-refractivity contribution in [3.05, 3.63) is 61.8 Å². The van der Waals surface area contributed by atoms with Gasteiger partial charge >= 0.3 is 5.63 Å². The molecule has 3 aromatic heterocycles. The van der Waals surface area contributed by atoms with Crippen LogP contribution in [0.15, 0.2) is 55.0 Å². The van der Waals surface area contributed by atoms with E-state index in [0.29, 0.717) is 21.9 Å². The van der Waals surface area contributed by atoms with Gasteiger partial charge in [0.1, 0.15) is 11.1 Å². The molecule has 4 aromatic rings. The highest BCUT2D eigenvalue weighted by molar-refractivity contribution is 9.10. The zero-order valence-electron chi connectivity index (χ0n) is 10.5. The van der Waals surface area contributed by atoms with E-state index in [0.717, 1.165) is 9.86 Å². The van der Waals surface area contributed by atoms with E-state index in [9.17, 15) is 9.59 Å². The highest BCUT2D eigenvalue weighted by Crippen LogP contribution is 2.28. The van der Waals surface area contributed by atoms with E-state index >= 15 is 0 Å². The number of benzene rings is 1. The maximum atomic E-state index is 12.1. The lowest BCUT2D eigenvalue weighted by Gasteiger charge is -2.05. The molecule has 5 nitrogen and oxygen atoms in total. The molecular formula is C15H7BrN2O3. The smallest absolute Gasteiger partial charge is 0.360 e. The minimum atomic E-state index is -0.579. The van der Waals surface area contributed by atoms with Gasteiger partial charge in [-0.25, -0.2) is 4.79 Å². The first-order valence-corrected chi connectivity index (χ1v) is 6.97. The Bertz CT molecular complexity index is 1140. The lowest BCUT2D eigenvalue weighted by Crippen LogP contribution is -2.13. The molecule has 21 heavy (non-hydrogen) atoms. The van der Waals surface area contributed by atoms with E-state index in [1.165, 1.54) is 0 Å². The van der Waals surface area contributed by atoms with Crippen LogP contribution in [0.3, 0.4) is 0 Å². The molecule has 102 valence electrons. The van der Waals surface area contributed by atoms with Gasteiger partial charge in [-0.15, -0.1) is 0 Å². The topological polar surface area (TPSA) is 76.0 Å². The van der Waals surface area contributed by atoms with Crippen LogP contribution < -0.4 is 11.2 Å². The quantitative estimate of drug-likeness (QED) is 0.393. The summed E-state index contributed by atoms with van der Waals surface area (Å²) in [6, 6.07) is 8.71. The van der Waals surface area contributed by atoms with Crippen molar-refractivity contribution in [3.8, 4) is 0 Å². The summed E-state index contributed by atoms with van der Waals surface area (Å²) in [5.74, 6) is 0. The lowest BCUT2D eigenvalue weighted by atomic mass is 10.1. The van der Waals surface area contributed by atoms with E-state index in [-0.39, 0.29) is 11.1 Å². The molecule has 0 unspecified atom stereocenters. The van der Waals surface area contributed by atoms with E-state index in [2.05, 4.69) is 25.9 Å². The molecule has 6 heteroatoms. The summed E-state index contributed by atoms with van der Waals surface area (Å²) in [5.41, 5.74) is 0.149. The number of aromatic amines is 1. The first-order valence-electron chi connectivity index (χ1n) is 6.18. The summed E-state index contributed by atoms with van der Waals surface area (Å²) in [5, 5.41) is 1.76. The molecule has 0 spiro atoms. The molecule has 0 atom stereocenters. The van der Waals surface area contributed by atoms with Crippen molar-refractivity contribution in [1.82, 2.24) is 9.97 Å². The van der Waals surface area contributed by atoms with Gasteiger partial charge in [0.25, 0.3) is 5.56 Å². The van der Waals surface area contributed by atoms with Crippen LogP contribution in [0.25, 0.3) is 32.8 Å². The van der Waals surface area contributed by atoms with E-state index < -0.39 is 5.63 Å². The van der Waals surface area contributed by atoms with Crippen LogP contribution in [0.5, 0.6) is 0 Å². The summed E-state index contributed by atoms with van der Waals surface area (Å²) in [4.78, 5) is 31.0. The summed E-state index contributed by atoms with van der Waals surface area (Å²) in [6.45, 7) is 0. The van der Waals surface area contributed by atoms with Crippen LogP contribution in [0.1, 0.15) is 0 Å². The Labute approximate surface area is 125 Å². The van der Waals surface area contributed by atoms with Gasteiger partial charge in [0.15, 0.2) is 0 Å². The highest BCUT2D eigenvalue weighted by Gasteiger charge is 2.14. The number of H-pyrrole nitrogens is 1. The second-order valence-corrected chi connectivity index (χ2v) is 5.55. The molecule has 0 amide bonds. The van der Waals surface area contributed by atoms with Crippen molar-refractivity contribution < 1.29 is 4.42 Å². The second kappa shape index (κ2) is 4.26. The maximum absolute atomic E-state index is 12.1. The van der Waals surface area contributed by atoms with Gasteiger partial charge in [-0.1, -0.05) is 15.9 Å². The number of pyridine rings is 2. The van der Waals surface area contributed by atoms with Gasteiger partial charge < -0.3 is 9.40 Å². The van der Waals surface area contributed by atoms with Crippen molar-refractivity contribution in [3.63, 3.8) is 0 Å². The van der Waals surface area contributed by atoms with Gasteiger partial charge in [0.05, 0.1) is 10.9 Å². The number of fused-ring (bicyclic) bond motifs is 5. The molecule has 1 aromatic carbocycles. The molecule has 0 saturated heterocycles. The Morgan fingerprint density at radius 2 is 2.00 bits per heavy atom. The zero-order valence-corrected chi connectivity index (χ0v) is 12.1. The Kier molecular flexibility index (Phi) is 2.49. The molecule has 0 aliphatic rings. The first-order chi connectivity index (χ1) is 10.1. The van der Waals surface area contributed by atoms with Crippen molar-refractivity contribution in [2.75, 3.05) is 0 Å². The van der Waals surface area contributed by atoms with Gasteiger partial charge in [0.2, 0.25) is 0 Å². The van der Waals surface area contributed by atoms with Crippen LogP contribution in [0.2, 0.25) is 0 Å². The standard InChI is InChI=1S/C15H7BrN2O3/c16-7-3-4-10-9(6-7)11-12-8(2-1-5-17-12)14(19)18-13(11)15(20)21-10/h1-6H,(H,18,19). The van der Waals surface area contributed by atoms with Gasteiger partial charge in [-0.3, -0.25) is 9.78 Å². The Morgan fingerprint density at radius 1 is 1.14 bits per heavy atom. The summed E-state index contributed by atoms with van der Waals surface area (Å²) in [7, 11) is 0. The summed E-state index contributed by atoms with van der Waals surface area (Å²) < 4.78 is 6.11. The van der Waals surface area contributed by atoms with Crippen molar-refractivity contribution in [2.24, 2.45) is 0 Å². The fourth-order valence-electron chi connectivity index (χ4n) is 2.50. The Hall–Kier alpha value is -2.47. The number of hydrogen-bond acceptors (Lipinski definition) is 4. The van der Waals surface area contributed by atoms with Crippen LogP contribution in [-0.2, 0) is 0 Å². The molecule has 0 aliphatic heterocycles. The Morgan fingerprint density at radius 3 is 2.86 bits per heavy atom. The van der Waals surface area contributed by atoms with Gasteiger partial charge in [-0.05, 0) is 30.3 Å². The van der Waals surface area contributed by atoms with Crippen LogP contribution in [0, 0.1) is 0 Å². The highest BCUT2D eigenvalue weighted by atomic mass is 79.9. The average Bonchev–Trinajstić information content (AvgIpc) is 2.48. The molecule has 3 heterocycles. The predicted molar refractivity (Wildman–Crippen MR) is 83.6 cm³/mol. The zero-order chi connectivity index (χ0) is 14.6. The largest absolute Gasteiger partial charge is 0.421 e. The maximum Gasteiger partial charge on any atom is 0.360 e. The fraction of sp³-hybridized carbons (Fsp3) is 0. The number of nitrogens with zero attached hydrogens (tertiary/aromatic N) is 1. The van der Waals surface area contributed by atoms with E-state index in [4.69, 9.17) is 4.42 Å². The second-order valence-electron chi connectivity index (χ2n) is 4.63. The molecule has 0 bridgehead atoms. The number of halogens is 1. The third kappa shape index (κ3) is 1.72. The van der Waals surface area contributed by atoms with E-state index in [1.807, 2.05) is 6.07 Å². The molecule has 0 radical (unpaired) electrons. The number of aromatic nitrogens is 2. The average molecular weight is 343 g/mol. The summed E-state index contributed by atoms with van der Waals surface area (Å²) >= 11 is 3.40. The predicted octanol–water partition coefficient (Wildman–Crippen LogP) is 2.95. The van der Waals surface area contributed by atoms with Crippen molar-refractivity contribution in [1.29, 1.82) is 0 Å². The molecule has 0 fully saturated rings. The SMILES string of the molecule is O=c1[nH]c2c(=O)oc3ccc(Br)cc3c2c2ncccc12. The van der Waals surface area contributed by atoms with Crippen LogP contribution in [0.4, 0.5) is 0 Å². The molecule has 4 rings (SSSR count). The monoisotopic (exact) mass is 342 g/mol. The molecular weight excluding hydrogens is 336 g/mol. The molecule has 0 aliphatic carbocycles. The van der Waals surface area contributed by atoms with E-state index in [1.54, 1.807) is 30.5 Å². The minimum absolute atomic E-state index is 0.136. The molecule has 1 N–H and O–H groups in total. The summed E-state index contributed by atoms with van der Waals surface area (Å²) in [6.07, 6.45) is 1.60. The normalized spacial score (nSPS) is 11.5. The van der Waals surface area contributed by atoms with Gasteiger partial charge in [-0.2, -0.15) is 0 Å². The minimum Gasteiger partial charge on any atom is -0.421 e. The van der Waals surface area contributed by atoms with Gasteiger partial charge in [0, 0.05) is 21.4 Å². The number of hydrogen-bond donors (Lipinski definition) is 1. The Balaban J connectivity index is 2.47.